The van der Waals surface area contributed by atoms with E-state index in [0.29, 0.717) is 29.5 Å². The lowest BCUT2D eigenvalue weighted by atomic mass is 10.1. The van der Waals surface area contributed by atoms with Crippen LogP contribution in [0.2, 0.25) is 0 Å². The molecule has 158 valence electrons. The Morgan fingerprint density at radius 3 is 2.23 bits per heavy atom. The van der Waals surface area contributed by atoms with Gasteiger partial charge in [0.2, 0.25) is 0 Å². The molecule has 0 saturated carbocycles. The third-order valence-electron chi connectivity index (χ3n) is 4.56. The molecule has 2 aromatic carbocycles. The van der Waals surface area contributed by atoms with Crippen LogP contribution < -0.4 is 0 Å². The van der Waals surface area contributed by atoms with Gasteiger partial charge in [-0.05, 0) is 30.7 Å². The standard InChI is InChI=1S/C21H19F3N2O3S/c1-2-3-19(27)14-6-10-18(11-7-14)30(28,29)13-16-12-25-26-20(16)15-4-8-17(9-5-15)21(22,23)24/h4-12H,2-3,13H2,1H3,(H,25,26). The molecule has 0 bridgehead atoms. The van der Waals surface area contributed by atoms with Gasteiger partial charge in [0.25, 0.3) is 0 Å². The molecule has 0 fully saturated rings. The van der Waals surface area contributed by atoms with Gasteiger partial charge in [-0.1, -0.05) is 31.2 Å². The Kier molecular flexibility index (Phi) is 6.12. The van der Waals surface area contributed by atoms with Crippen molar-refractivity contribution in [3.05, 3.63) is 71.4 Å². The molecule has 0 unspecified atom stereocenters. The van der Waals surface area contributed by atoms with E-state index >= 15 is 0 Å². The highest BCUT2D eigenvalue weighted by atomic mass is 32.2. The zero-order valence-corrected chi connectivity index (χ0v) is 16.8. The Balaban J connectivity index is 1.83. The van der Waals surface area contributed by atoms with Crippen LogP contribution in [0.1, 0.15) is 41.3 Å². The normalized spacial score (nSPS) is 12.1. The number of hydrogen-bond donors (Lipinski definition) is 1. The summed E-state index contributed by atoms with van der Waals surface area (Å²) in [6.07, 6.45) is -1.96. The molecule has 3 aromatic rings. The minimum Gasteiger partial charge on any atom is -0.294 e. The van der Waals surface area contributed by atoms with E-state index < -0.39 is 21.6 Å². The molecule has 1 N–H and O–H groups in total. The van der Waals surface area contributed by atoms with E-state index in [0.717, 1.165) is 12.1 Å². The molecule has 1 heterocycles. The van der Waals surface area contributed by atoms with Crippen LogP contribution in [0.15, 0.2) is 59.6 Å². The van der Waals surface area contributed by atoms with E-state index in [2.05, 4.69) is 10.2 Å². The summed E-state index contributed by atoms with van der Waals surface area (Å²) in [5.41, 5.74) is 0.621. The van der Waals surface area contributed by atoms with Crippen molar-refractivity contribution in [2.45, 2.75) is 36.6 Å². The number of H-pyrrole nitrogens is 1. The zero-order chi connectivity index (χ0) is 21.9. The maximum absolute atomic E-state index is 12.8. The molecule has 5 nitrogen and oxygen atoms in total. The van der Waals surface area contributed by atoms with E-state index in [1.54, 1.807) is 0 Å². The van der Waals surface area contributed by atoms with E-state index in [1.807, 2.05) is 6.92 Å². The molecule has 9 heteroatoms. The van der Waals surface area contributed by atoms with E-state index in [-0.39, 0.29) is 22.1 Å². The number of rotatable bonds is 7. The number of nitrogens with zero attached hydrogens (tertiary/aromatic N) is 1. The first kappa shape index (κ1) is 21.8. The molecule has 0 amide bonds. The van der Waals surface area contributed by atoms with Gasteiger partial charge in [0.1, 0.15) is 0 Å². The third kappa shape index (κ3) is 4.79. The molecule has 0 radical (unpaired) electrons. The predicted molar refractivity (Wildman–Crippen MR) is 106 cm³/mol. The number of carbonyl (C=O) groups excluding carboxylic acids is 1. The van der Waals surface area contributed by atoms with Crippen LogP contribution in [0.3, 0.4) is 0 Å². The van der Waals surface area contributed by atoms with Crippen molar-refractivity contribution >= 4 is 15.6 Å². The van der Waals surface area contributed by atoms with Crippen LogP contribution in [-0.2, 0) is 21.8 Å². The Labute approximate surface area is 171 Å². The van der Waals surface area contributed by atoms with E-state index in [9.17, 15) is 26.4 Å². The van der Waals surface area contributed by atoms with Crippen LogP contribution in [0.5, 0.6) is 0 Å². The van der Waals surface area contributed by atoms with Crippen LogP contribution >= 0.6 is 0 Å². The molecule has 30 heavy (non-hydrogen) atoms. The summed E-state index contributed by atoms with van der Waals surface area (Å²) in [4.78, 5) is 12.0. The molecule has 0 spiro atoms. The highest BCUT2D eigenvalue weighted by Gasteiger charge is 2.30. The number of ketones is 1. The first-order chi connectivity index (χ1) is 14.1. The summed E-state index contributed by atoms with van der Waals surface area (Å²) in [5.74, 6) is -0.442. The van der Waals surface area contributed by atoms with Crippen LogP contribution in [-0.4, -0.2) is 24.4 Å². The maximum Gasteiger partial charge on any atom is 0.416 e. The number of benzene rings is 2. The van der Waals surface area contributed by atoms with Gasteiger partial charge in [0, 0.05) is 29.3 Å². The molecule has 0 aliphatic heterocycles. The number of nitrogens with one attached hydrogen (secondary N) is 1. The fourth-order valence-corrected chi connectivity index (χ4v) is 4.35. The highest BCUT2D eigenvalue weighted by Crippen LogP contribution is 2.32. The highest BCUT2D eigenvalue weighted by molar-refractivity contribution is 7.90. The largest absolute Gasteiger partial charge is 0.416 e. The van der Waals surface area contributed by atoms with Crippen molar-refractivity contribution in [3.63, 3.8) is 0 Å². The number of alkyl halides is 3. The zero-order valence-electron chi connectivity index (χ0n) is 16.0. The lowest BCUT2D eigenvalue weighted by molar-refractivity contribution is -0.137. The number of hydrogen-bond acceptors (Lipinski definition) is 4. The van der Waals surface area contributed by atoms with Gasteiger partial charge in [-0.25, -0.2) is 8.42 Å². The van der Waals surface area contributed by atoms with Gasteiger partial charge in [-0.15, -0.1) is 0 Å². The van der Waals surface area contributed by atoms with Crippen molar-refractivity contribution < 1.29 is 26.4 Å². The summed E-state index contributed by atoms with van der Waals surface area (Å²) < 4.78 is 63.9. The first-order valence-corrected chi connectivity index (χ1v) is 10.8. The fraction of sp³-hybridized carbons (Fsp3) is 0.238. The first-order valence-electron chi connectivity index (χ1n) is 9.18. The summed E-state index contributed by atoms with van der Waals surface area (Å²) in [6.45, 7) is 1.88. The van der Waals surface area contributed by atoms with Crippen molar-refractivity contribution in [2.24, 2.45) is 0 Å². The molecule has 0 atom stereocenters. The van der Waals surface area contributed by atoms with Gasteiger partial charge in [0.15, 0.2) is 15.6 Å². The minimum absolute atomic E-state index is 0.0510. The van der Waals surface area contributed by atoms with Crippen molar-refractivity contribution in [2.75, 3.05) is 0 Å². The van der Waals surface area contributed by atoms with Crippen molar-refractivity contribution in [3.8, 4) is 11.3 Å². The van der Waals surface area contributed by atoms with Gasteiger partial charge in [-0.3, -0.25) is 9.89 Å². The number of Topliss-reactive ketones (excluding diaryl/α,β-unsaturated/α-hetero) is 1. The molecule has 3 rings (SSSR count). The summed E-state index contributed by atoms with van der Waals surface area (Å²) in [6, 6.07) is 10.1. The molecular formula is C21H19F3N2O3S. The Morgan fingerprint density at radius 1 is 1.03 bits per heavy atom. The molecule has 0 saturated heterocycles. The lowest BCUT2D eigenvalue weighted by Crippen LogP contribution is -2.07. The smallest absolute Gasteiger partial charge is 0.294 e. The SMILES string of the molecule is CCCC(=O)c1ccc(S(=O)(=O)Cc2c[nH]nc2-c2ccc(C(F)(F)F)cc2)cc1. The molecule has 0 aliphatic carbocycles. The van der Waals surface area contributed by atoms with Crippen molar-refractivity contribution in [1.82, 2.24) is 10.2 Å². The van der Waals surface area contributed by atoms with Gasteiger partial charge in [-0.2, -0.15) is 18.3 Å². The lowest BCUT2D eigenvalue weighted by Gasteiger charge is -2.08. The number of carbonyl (C=O) groups is 1. The Bertz CT molecular complexity index is 1130. The number of aromatic nitrogens is 2. The fourth-order valence-electron chi connectivity index (χ4n) is 3.00. The average molecular weight is 436 g/mol. The molecule has 1 aromatic heterocycles. The number of aromatic amines is 1. The number of sulfone groups is 1. The Morgan fingerprint density at radius 2 is 1.67 bits per heavy atom. The Hall–Kier alpha value is -2.94. The van der Waals surface area contributed by atoms with E-state index in [1.165, 1.54) is 42.6 Å². The average Bonchev–Trinajstić information content (AvgIpc) is 3.15. The van der Waals surface area contributed by atoms with Crippen LogP contribution in [0, 0.1) is 0 Å². The van der Waals surface area contributed by atoms with E-state index in [4.69, 9.17) is 0 Å². The van der Waals surface area contributed by atoms with Gasteiger partial charge in [0.05, 0.1) is 21.9 Å². The molecule has 0 aliphatic rings. The summed E-state index contributed by atoms with van der Waals surface area (Å²) >= 11 is 0. The second kappa shape index (κ2) is 8.43. The second-order valence-electron chi connectivity index (χ2n) is 6.79. The predicted octanol–water partition coefficient (Wildman–Crippen LogP) is 5.05. The maximum atomic E-state index is 12.8. The van der Waals surface area contributed by atoms with Gasteiger partial charge < -0.3 is 0 Å². The molecular weight excluding hydrogens is 417 g/mol. The summed E-state index contributed by atoms with van der Waals surface area (Å²) in [7, 11) is -3.75. The minimum atomic E-state index is -4.46. The van der Waals surface area contributed by atoms with Crippen LogP contribution in [0.4, 0.5) is 13.2 Å². The van der Waals surface area contributed by atoms with Crippen LogP contribution in [0.25, 0.3) is 11.3 Å². The monoisotopic (exact) mass is 436 g/mol. The van der Waals surface area contributed by atoms with Crippen molar-refractivity contribution in [1.29, 1.82) is 0 Å². The number of halogens is 3. The van der Waals surface area contributed by atoms with Gasteiger partial charge >= 0.3 is 6.18 Å². The third-order valence-corrected chi connectivity index (χ3v) is 6.24. The quantitative estimate of drug-likeness (QED) is 0.526. The topological polar surface area (TPSA) is 79.9 Å². The summed E-state index contributed by atoms with van der Waals surface area (Å²) in [5, 5.41) is 6.57. The second-order valence-corrected chi connectivity index (χ2v) is 8.78.